The van der Waals surface area contributed by atoms with E-state index in [4.69, 9.17) is 16.3 Å². The third kappa shape index (κ3) is 3.74. The Bertz CT molecular complexity index is 854. The number of methoxy groups -OCH3 is 1. The van der Waals surface area contributed by atoms with Crippen molar-refractivity contribution in [3.63, 3.8) is 0 Å². The zero-order valence-corrected chi connectivity index (χ0v) is 14.5. The van der Waals surface area contributed by atoms with E-state index in [-0.39, 0.29) is 11.7 Å². The van der Waals surface area contributed by atoms with Crippen molar-refractivity contribution in [2.75, 3.05) is 18.2 Å². The molecule has 23 heavy (non-hydrogen) atoms. The van der Waals surface area contributed by atoms with Crippen molar-refractivity contribution in [3.05, 3.63) is 41.0 Å². The van der Waals surface area contributed by atoms with Crippen LogP contribution >= 0.6 is 34.7 Å². The molecule has 8 heteroatoms. The monoisotopic (exact) mass is 365 g/mol. The van der Waals surface area contributed by atoms with E-state index in [0.717, 1.165) is 15.2 Å². The van der Waals surface area contributed by atoms with E-state index in [0.29, 0.717) is 16.5 Å². The van der Waals surface area contributed by atoms with Crippen molar-refractivity contribution in [1.29, 1.82) is 0 Å². The van der Waals surface area contributed by atoms with Crippen LogP contribution in [-0.2, 0) is 4.79 Å². The predicted octanol–water partition coefficient (Wildman–Crippen LogP) is 4.08. The van der Waals surface area contributed by atoms with Crippen LogP contribution in [0.25, 0.3) is 10.2 Å². The average molecular weight is 366 g/mol. The van der Waals surface area contributed by atoms with Crippen LogP contribution in [0, 0.1) is 0 Å². The van der Waals surface area contributed by atoms with Gasteiger partial charge in [0, 0.05) is 5.69 Å². The minimum atomic E-state index is -0.125. The van der Waals surface area contributed by atoms with Crippen molar-refractivity contribution in [2.24, 2.45) is 0 Å². The highest BCUT2D eigenvalue weighted by Crippen LogP contribution is 2.29. The number of benzene rings is 1. The number of thioether (sulfide) groups is 1. The fraction of sp³-hybridized carbons (Fsp3) is 0.133. The topological polar surface area (TPSA) is 64.1 Å². The maximum Gasteiger partial charge on any atom is 0.234 e. The normalized spacial score (nSPS) is 10.7. The van der Waals surface area contributed by atoms with Crippen LogP contribution in [0.2, 0.25) is 5.02 Å². The fourth-order valence-electron chi connectivity index (χ4n) is 1.94. The molecule has 0 atom stereocenters. The zero-order chi connectivity index (χ0) is 16.2. The molecule has 2 heterocycles. The summed E-state index contributed by atoms with van der Waals surface area (Å²) in [5, 5.41) is 6.03. The Morgan fingerprint density at radius 1 is 1.39 bits per heavy atom. The first-order valence-corrected chi connectivity index (χ1v) is 8.86. The van der Waals surface area contributed by atoms with Gasteiger partial charge in [0.15, 0.2) is 0 Å². The lowest BCUT2D eigenvalue weighted by molar-refractivity contribution is -0.113. The zero-order valence-electron chi connectivity index (χ0n) is 12.1. The van der Waals surface area contributed by atoms with Gasteiger partial charge in [-0.05, 0) is 29.6 Å². The molecule has 3 aromatic rings. The lowest BCUT2D eigenvalue weighted by Crippen LogP contribution is -2.14. The summed E-state index contributed by atoms with van der Waals surface area (Å²) in [6.45, 7) is 0. The second-order valence-electron chi connectivity index (χ2n) is 4.50. The summed E-state index contributed by atoms with van der Waals surface area (Å²) in [6, 6.07) is 7.05. The van der Waals surface area contributed by atoms with Crippen LogP contribution in [0.3, 0.4) is 0 Å². The molecule has 0 unspecified atom stereocenters. The summed E-state index contributed by atoms with van der Waals surface area (Å²) >= 11 is 8.99. The van der Waals surface area contributed by atoms with Gasteiger partial charge >= 0.3 is 0 Å². The molecule has 0 aliphatic carbocycles. The van der Waals surface area contributed by atoms with E-state index in [1.807, 2.05) is 11.4 Å². The summed E-state index contributed by atoms with van der Waals surface area (Å²) in [5.74, 6) is 0.702. The Kier molecular flexibility index (Phi) is 5.00. The second-order valence-corrected chi connectivity index (χ2v) is 6.79. The van der Waals surface area contributed by atoms with Crippen LogP contribution in [0.15, 0.2) is 41.0 Å². The third-order valence-corrected chi connectivity index (χ3v) is 5.31. The molecular formula is C15H12ClN3O2S2. The number of hydrogen-bond acceptors (Lipinski definition) is 6. The highest BCUT2D eigenvalue weighted by Gasteiger charge is 2.10. The fourth-order valence-corrected chi connectivity index (χ4v) is 3.95. The van der Waals surface area contributed by atoms with E-state index in [1.165, 1.54) is 18.1 Å². The summed E-state index contributed by atoms with van der Waals surface area (Å²) < 4.78 is 6.08. The second kappa shape index (κ2) is 7.16. The first-order valence-electron chi connectivity index (χ1n) is 6.62. The number of hydrogen-bond donors (Lipinski definition) is 1. The Hall–Kier alpha value is -1.83. The first kappa shape index (κ1) is 16.0. The molecule has 1 aromatic carbocycles. The lowest BCUT2D eigenvalue weighted by atomic mass is 10.3. The number of carbonyl (C=O) groups is 1. The van der Waals surface area contributed by atoms with Gasteiger partial charge in [-0.2, -0.15) is 0 Å². The third-order valence-electron chi connectivity index (χ3n) is 2.99. The van der Waals surface area contributed by atoms with E-state index in [9.17, 15) is 4.79 Å². The highest BCUT2D eigenvalue weighted by molar-refractivity contribution is 8.00. The summed E-state index contributed by atoms with van der Waals surface area (Å²) in [7, 11) is 1.54. The van der Waals surface area contributed by atoms with E-state index >= 15 is 0 Å². The minimum absolute atomic E-state index is 0.125. The molecule has 0 radical (unpaired) electrons. The van der Waals surface area contributed by atoms with Crippen molar-refractivity contribution in [3.8, 4) is 5.75 Å². The number of aromatic nitrogens is 2. The molecule has 0 fully saturated rings. The number of thiophene rings is 1. The van der Waals surface area contributed by atoms with Crippen LogP contribution in [-0.4, -0.2) is 28.7 Å². The molecule has 118 valence electrons. The van der Waals surface area contributed by atoms with E-state index < -0.39 is 0 Å². The van der Waals surface area contributed by atoms with Gasteiger partial charge in [0.2, 0.25) is 5.91 Å². The molecule has 0 saturated carbocycles. The Morgan fingerprint density at radius 2 is 2.26 bits per heavy atom. The Balaban J connectivity index is 1.63. The van der Waals surface area contributed by atoms with Gasteiger partial charge in [0.25, 0.3) is 0 Å². The number of halogens is 1. The number of ether oxygens (including phenoxy) is 1. The van der Waals surface area contributed by atoms with Gasteiger partial charge in [-0.1, -0.05) is 23.4 Å². The molecule has 1 N–H and O–H groups in total. The van der Waals surface area contributed by atoms with Gasteiger partial charge in [0.05, 0.1) is 28.1 Å². The number of anilines is 1. The predicted molar refractivity (Wildman–Crippen MR) is 94.8 cm³/mol. The maximum atomic E-state index is 12.1. The number of amides is 1. The van der Waals surface area contributed by atoms with E-state index in [2.05, 4.69) is 15.3 Å². The molecule has 0 bridgehead atoms. The maximum absolute atomic E-state index is 12.1. The number of nitrogens with zero attached hydrogens (tertiary/aromatic N) is 2. The molecule has 3 rings (SSSR count). The molecule has 0 spiro atoms. The number of rotatable bonds is 5. The number of carbonyl (C=O) groups excluding carboxylic acids is 1. The standard InChI is InChI=1S/C15H12ClN3O2S2/c1-21-12-3-2-9(6-10(12)16)19-13(20)7-23-15-14-11(4-5-22-14)17-8-18-15/h2-6,8H,7H2,1H3,(H,19,20). The van der Waals surface area contributed by atoms with Crippen LogP contribution in [0.5, 0.6) is 5.75 Å². The molecule has 0 saturated heterocycles. The minimum Gasteiger partial charge on any atom is -0.495 e. The molecule has 5 nitrogen and oxygen atoms in total. The van der Waals surface area contributed by atoms with Gasteiger partial charge in [-0.15, -0.1) is 11.3 Å². The largest absolute Gasteiger partial charge is 0.495 e. The van der Waals surface area contributed by atoms with Gasteiger partial charge in [-0.25, -0.2) is 9.97 Å². The van der Waals surface area contributed by atoms with Crippen LogP contribution < -0.4 is 10.1 Å². The van der Waals surface area contributed by atoms with Gasteiger partial charge in [0.1, 0.15) is 17.1 Å². The van der Waals surface area contributed by atoms with Gasteiger partial charge < -0.3 is 10.1 Å². The quantitative estimate of drug-likeness (QED) is 0.545. The van der Waals surface area contributed by atoms with Crippen molar-refractivity contribution >= 4 is 56.5 Å². The van der Waals surface area contributed by atoms with Gasteiger partial charge in [-0.3, -0.25) is 4.79 Å². The Morgan fingerprint density at radius 3 is 3.04 bits per heavy atom. The first-order chi connectivity index (χ1) is 11.2. The highest BCUT2D eigenvalue weighted by atomic mass is 35.5. The van der Waals surface area contributed by atoms with Crippen molar-refractivity contribution in [2.45, 2.75) is 5.03 Å². The summed E-state index contributed by atoms with van der Waals surface area (Å²) in [4.78, 5) is 20.5. The van der Waals surface area contributed by atoms with Crippen LogP contribution in [0.4, 0.5) is 5.69 Å². The lowest BCUT2D eigenvalue weighted by Gasteiger charge is -2.08. The molecular weight excluding hydrogens is 354 g/mol. The van der Waals surface area contributed by atoms with Crippen molar-refractivity contribution < 1.29 is 9.53 Å². The van der Waals surface area contributed by atoms with Crippen LogP contribution in [0.1, 0.15) is 0 Å². The summed E-state index contributed by atoms with van der Waals surface area (Å²) in [6.07, 6.45) is 1.51. The summed E-state index contributed by atoms with van der Waals surface area (Å²) in [5.41, 5.74) is 1.53. The average Bonchev–Trinajstić information content (AvgIpc) is 3.02. The van der Waals surface area contributed by atoms with Crippen molar-refractivity contribution in [1.82, 2.24) is 9.97 Å². The molecule has 0 aliphatic heterocycles. The SMILES string of the molecule is COc1ccc(NC(=O)CSc2ncnc3ccsc23)cc1Cl. The smallest absolute Gasteiger partial charge is 0.234 e. The molecule has 2 aromatic heterocycles. The number of fused-ring (bicyclic) bond motifs is 1. The van der Waals surface area contributed by atoms with E-state index in [1.54, 1.807) is 36.6 Å². The Labute approximate surface area is 146 Å². The molecule has 0 aliphatic rings. The number of nitrogens with one attached hydrogen (secondary N) is 1. The molecule has 1 amide bonds.